The SMILES string of the molecule is N[C@@H](Cc1ccc(-c2ccccc2)cc1)C(=O)OCC(F)(F)F. The van der Waals surface area contributed by atoms with Gasteiger partial charge in [-0.25, -0.2) is 0 Å². The maximum atomic E-state index is 12.0. The molecule has 0 bridgehead atoms. The molecule has 0 aliphatic rings. The van der Waals surface area contributed by atoms with Crippen molar-refractivity contribution in [3.8, 4) is 11.1 Å². The first-order valence-corrected chi connectivity index (χ1v) is 6.98. The minimum atomic E-state index is -4.55. The molecule has 0 saturated heterocycles. The molecule has 2 aromatic rings. The molecule has 122 valence electrons. The topological polar surface area (TPSA) is 52.3 Å². The highest BCUT2D eigenvalue weighted by molar-refractivity contribution is 5.76. The van der Waals surface area contributed by atoms with Crippen LogP contribution in [0.2, 0.25) is 0 Å². The molecule has 0 unspecified atom stereocenters. The molecule has 1 atom stereocenters. The zero-order valence-electron chi connectivity index (χ0n) is 12.2. The Bertz CT molecular complexity index is 639. The van der Waals surface area contributed by atoms with E-state index in [1.54, 1.807) is 12.1 Å². The molecule has 0 spiro atoms. The minimum Gasteiger partial charge on any atom is -0.455 e. The molecule has 0 saturated carbocycles. The van der Waals surface area contributed by atoms with Gasteiger partial charge in [0.05, 0.1) is 0 Å². The number of esters is 1. The highest BCUT2D eigenvalue weighted by Crippen LogP contribution is 2.20. The van der Waals surface area contributed by atoms with Crippen LogP contribution in [0.3, 0.4) is 0 Å². The zero-order valence-corrected chi connectivity index (χ0v) is 12.2. The second-order valence-corrected chi connectivity index (χ2v) is 5.10. The fourth-order valence-electron chi connectivity index (χ4n) is 2.06. The third-order valence-electron chi connectivity index (χ3n) is 3.20. The van der Waals surface area contributed by atoms with Gasteiger partial charge in [-0.2, -0.15) is 13.2 Å². The van der Waals surface area contributed by atoms with Crippen molar-refractivity contribution in [3.63, 3.8) is 0 Å². The van der Waals surface area contributed by atoms with E-state index in [9.17, 15) is 18.0 Å². The van der Waals surface area contributed by atoms with Crippen LogP contribution in [0, 0.1) is 0 Å². The molecule has 0 radical (unpaired) electrons. The summed E-state index contributed by atoms with van der Waals surface area (Å²) in [5, 5.41) is 0. The Hall–Kier alpha value is -2.34. The van der Waals surface area contributed by atoms with E-state index in [4.69, 9.17) is 5.73 Å². The number of carbonyl (C=O) groups is 1. The van der Waals surface area contributed by atoms with Gasteiger partial charge in [0.15, 0.2) is 6.61 Å². The van der Waals surface area contributed by atoms with Crippen LogP contribution < -0.4 is 5.73 Å². The lowest BCUT2D eigenvalue weighted by Crippen LogP contribution is -2.36. The first-order valence-electron chi connectivity index (χ1n) is 6.98. The van der Waals surface area contributed by atoms with Crippen molar-refractivity contribution < 1.29 is 22.7 Å². The zero-order chi connectivity index (χ0) is 16.9. The van der Waals surface area contributed by atoms with Gasteiger partial charge < -0.3 is 10.5 Å². The Morgan fingerprint density at radius 2 is 1.57 bits per heavy atom. The van der Waals surface area contributed by atoms with Gasteiger partial charge >= 0.3 is 12.1 Å². The van der Waals surface area contributed by atoms with E-state index in [0.717, 1.165) is 16.7 Å². The molecule has 0 aliphatic carbocycles. The fraction of sp³-hybridized carbons (Fsp3) is 0.235. The van der Waals surface area contributed by atoms with Gasteiger partial charge in [-0.15, -0.1) is 0 Å². The van der Waals surface area contributed by atoms with Gasteiger partial charge in [0.1, 0.15) is 6.04 Å². The molecular weight excluding hydrogens is 307 g/mol. The first kappa shape index (κ1) is 17.0. The van der Waals surface area contributed by atoms with Crippen molar-refractivity contribution in [2.24, 2.45) is 5.73 Å². The molecule has 2 aromatic carbocycles. The maximum Gasteiger partial charge on any atom is 0.422 e. The van der Waals surface area contributed by atoms with E-state index in [-0.39, 0.29) is 6.42 Å². The summed E-state index contributed by atoms with van der Waals surface area (Å²) in [5.74, 6) is -1.06. The van der Waals surface area contributed by atoms with Crippen LogP contribution in [0.15, 0.2) is 54.6 Å². The molecule has 23 heavy (non-hydrogen) atoms. The molecule has 2 rings (SSSR count). The van der Waals surface area contributed by atoms with Gasteiger partial charge in [0, 0.05) is 0 Å². The fourth-order valence-corrected chi connectivity index (χ4v) is 2.06. The number of halogens is 3. The molecule has 0 heterocycles. The summed E-state index contributed by atoms with van der Waals surface area (Å²) in [6, 6.07) is 15.9. The number of hydrogen-bond donors (Lipinski definition) is 1. The molecule has 3 nitrogen and oxygen atoms in total. The predicted molar refractivity (Wildman–Crippen MR) is 80.6 cm³/mol. The van der Waals surface area contributed by atoms with E-state index < -0.39 is 24.8 Å². The lowest BCUT2D eigenvalue weighted by Gasteiger charge is -2.13. The summed E-state index contributed by atoms with van der Waals surface area (Å²) in [6.07, 6.45) is -4.43. The van der Waals surface area contributed by atoms with Gasteiger partial charge in [0.2, 0.25) is 0 Å². The van der Waals surface area contributed by atoms with Crippen molar-refractivity contribution in [1.29, 1.82) is 0 Å². The van der Waals surface area contributed by atoms with E-state index in [0.29, 0.717) is 0 Å². The highest BCUT2D eigenvalue weighted by Gasteiger charge is 2.30. The summed E-state index contributed by atoms with van der Waals surface area (Å²) < 4.78 is 40.1. The number of alkyl halides is 3. The minimum absolute atomic E-state index is 0.117. The van der Waals surface area contributed by atoms with Gasteiger partial charge in [-0.3, -0.25) is 4.79 Å². The standard InChI is InChI=1S/C17H16F3NO2/c18-17(19,20)11-23-16(22)15(21)10-12-6-8-14(9-7-12)13-4-2-1-3-5-13/h1-9,15H,10-11,21H2/t15-/m0/s1. The van der Waals surface area contributed by atoms with Crippen molar-refractivity contribution in [2.75, 3.05) is 6.61 Å². The van der Waals surface area contributed by atoms with Crippen LogP contribution in [0.4, 0.5) is 13.2 Å². The Kier molecular flexibility index (Phi) is 5.39. The van der Waals surface area contributed by atoms with Crippen molar-refractivity contribution in [1.82, 2.24) is 0 Å². The number of nitrogens with two attached hydrogens (primary N) is 1. The number of rotatable bonds is 5. The lowest BCUT2D eigenvalue weighted by molar-refractivity contribution is -0.187. The molecule has 0 fully saturated rings. The van der Waals surface area contributed by atoms with Gasteiger partial charge in [-0.1, -0.05) is 54.6 Å². The van der Waals surface area contributed by atoms with E-state index in [2.05, 4.69) is 4.74 Å². The normalized spacial score (nSPS) is 12.7. The Morgan fingerprint density at radius 3 is 2.13 bits per heavy atom. The summed E-state index contributed by atoms with van der Waals surface area (Å²) in [5.41, 5.74) is 8.39. The van der Waals surface area contributed by atoms with Crippen LogP contribution in [-0.2, 0) is 16.0 Å². The van der Waals surface area contributed by atoms with Crippen molar-refractivity contribution in [3.05, 3.63) is 60.2 Å². The second-order valence-electron chi connectivity index (χ2n) is 5.10. The van der Waals surface area contributed by atoms with E-state index in [1.807, 2.05) is 42.5 Å². The van der Waals surface area contributed by atoms with Crippen LogP contribution in [0.1, 0.15) is 5.56 Å². The summed E-state index contributed by atoms with van der Waals surface area (Å²) in [7, 11) is 0. The van der Waals surface area contributed by atoms with Crippen LogP contribution in [0.5, 0.6) is 0 Å². The highest BCUT2D eigenvalue weighted by atomic mass is 19.4. The van der Waals surface area contributed by atoms with Crippen molar-refractivity contribution >= 4 is 5.97 Å². The molecule has 6 heteroatoms. The summed E-state index contributed by atoms with van der Waals surface area (Å²) in [6.45, 7) is -1.62. The van der Waals surface area contributed by atoms with E-state index in [1.165, 1.54) is 0 Å². The van der Waals surface area contributed by atoms with Crippen LogP contribution >= 0.6 is 0 Å². The monoisotopic (exact) mass is 323 g/mol. The lowest BCUT2D eigenvalue weighted by atomic mass is 10.0. The Labute approximate surface area is 131 Å². The maximum absolute atomic E-state index is 12.0. The summed E-state index contributed by atoms with van der Waals surface area (Å²) >= 11 is 0. The second kappa shape index (κ2) is 7.28. The van der Waals surface area contributed by atoms with Crippen molar-refractivity contribution in [2.45, 2.75) is 18.6 Å². The average molecular weight is 323 g/mol. The smallest absolute Gasteiger partial charge is 0.422 e. The number of hydrogen-bond acceptors (Lipinski definition) is 3. The van der Waals surface area contributed by atoms with Gasteiger partial charge in [0.25, 0.3) is 0 Å². The molecular formula is C17H16F3NO2. The third kappa shape index (κ3) is 5.41. The van der Waals surface area contributed by atoms with Gasteiger partial charge in [-0.05, 0) is 23.1 Å². The largest absolute Gasteiger partial charge is 0.455 e. The number of carbonyl (C=O) groups excluding carboxylic acids is 1. The molecule has 0 aromatic heterocycles. The molecule has 0 amide bonds. The van der Waals surface area contributed by atoms with E-state index >= 15 is 0 Å². The average Bonchev–Trinajstić information content (AvgIpc) is 2.53. The first-order chi connectivity index (χ1) is 10.8. The Morgan fingerprint density at radius 1 is 1.00 bits per heavy atom. The molecule has 0 aliphatic heterocycles. The molecule has 2 N–H and O–H groups in total. The Balaban J connectivity index is 1.94. The number of ether oxygens (including phenoxy) is 1. The van der Waals surface area contributed by atoms with Crippen LogP contribution in [0.25, 0.3) is 11.1 Å². The van der Waals surface area contributed by atoms with Crippen LogP contribution in [-0.4, -0.2) is 24.8 Å². The predicted octanol–water partition coefficient (Wildman–Crippen LogP) is 3.33. The quantitative estimate of drug-likeness (QED) is 0.859. The summed E-state index contributed by atoms with van der Waals surface area (Å²) in [4.78, 5) is 11.4. The number of benzene rings is 2. The third-order valence-corrected chi connectivity index (χ3v) is 3.20.